The van der Waals surface area contributed by atoms with Crippen LogP contribution in [0.4, 0.5) is 0 Å². The summed E-state index contributed by atoms with van der Waals surface area (Å²) in [5.74, 6) is 0. The number of rotatable bonds is 2. The van der Waals surface area contributed by atoms with E-state index in [2.05, 4.69) is 76.3 Å². The van der Waals surface area contributed by atoms with Gasteiger partial charge in [-0.1, -0.05) is 75.8 Å². The topological polar surface area (TPSA) is 0 Å². The molecule has 1 aromatic rings. The van der Waals surface area contributed by atoms with Crippen molar-refractivity contribution in [3.05, 3.63) is 46.9 Å². The van der Waals surface area contributed by atoms with Gasteiger partial charge in [0.1, 0.15) is 0 Å². The highest BCUT2D eigenvalue weighted by Gasteiger charge is 1.79. The van der Waals surface area contributed by atoms with Crippen LogP contribution in [0.3, 0.4) is 0 Å². The molecule has 1 aromatic carbocycles. The molecule has 0 atom stereocenters. The minimum absolute atomic E-state index is 1.09. The molecule has 0 aliphatic rings. The summed E-state index contributed by atoms with van der Waals surface area (Å²) in [6, 6.07) is 8.40. The monoisotopic (exact) mass is 216 g/mol. The largest absolute Gasteiger partial charge is 0.0848 e. The SMILES string of the molecule is C/C=c1/cccc/c1=C/C=C\CC.CCC. The summed E-state index contributed by atoms with van der Waals surface area (Å²) < 4.78 is 0. The van der Waals surface area contributed by atoms with E-state index in [1.54, 1.807) is 0 Å². The zero-order chi connectivity index (χ0) is 12.2. The summed E-state index contributed by atoms with van der Waals surface area (Å²) in [5.41, 5.74) is 0. The zero-order valence-electron chi connectivity index (χ0n) is 11.0. The molecule has 0 heteroatoms. The van der Waals surface area contributed by atoms with E-state index < -0.39 is 0 Å². The first-order chi connectivity index (χ1) is 7.79. The highest BCUT2D eigenvalue weighted by Crippen LogP contribution is 1.80. The summed E-state index contributed by atoms with van der Waals surface area (Å²) in [7, 11) is 0. The van der Waals surface area contributed by atoms with Crippen LogP contribution < -0.4 is 10.4 Å². The second-order valence-corrected chi connectivity index (χ2v) is 3.63. The molecule has 0 amide bonds. The third kappa shape index (κ3) is 6.23. The van der Waals surface area contributed by atoms with Crippen LogP contribution in [0.5, 0.6) is 0 Å². The molecule has 1 rings (SSSR count). The molecule has 0 fully saturated rings. The smallest absolute Gasteiger partial charge is 0.0187 e. The van der Waals surface area contributed by atoms with Crippen LogP contribution in [-0.4, -0.2) is 0 Å². The van der Waals surface area contributed by atoms with Crippen molar-refractivity contribution in [2.45, 2.75) is 40.5 Å². The third-order valence-electron chi connectivity index (χ3n) is 1.95. The van der Waals surface area contributed by atoms with Crippen molar-refractivity contribution in [3.63, 3.8) is 0 Å². The first kappa shape index (κ1) is 14.7. The molecule has 0 spiro atoms. The minimum atomic E-state index is 1.09. The van der Waals surface area contributed by atoms with Crippen LogP contribution >= 0.6 is 0 Å². The average molecular weight is 216 g/mol. The first-order valence-corrected chi connectivity index (χ1v) is 6.18. The summed E-state index contributed by atoms with van der Waals surface area (Å²) >= 11 is 0. The molecule has 88 valence electrons. The molecular weight excluding hydrogens is 192 g/mol. The molecule has 0 bridgehead atoms. The zero-order valence-corrected chi connectivity index (χ0v) is 11.0. The van der Waals surface area contributed by atoms with E-state index in [-0.39, 0.29) is 0 Å². The lowest BCUT2D eigenvalue weighted by Gasteiger charge is -1.87. The van der Waals surface area contributed by atoms with Gasteiger partial charge in [0.05, 0.1) is 0 Å². The Hall–Kier alpha value is -1.30. The predicted octanol–water partition coefficient (Wildman–Crippen LogP) is 3.65. The predicted molar refractivity (Wildman–Crippen MR) is 75.7 cm³/mol. The number of allylic oxidation sites excluding steroid dienone is 2. The standard InChI is InChI=1S/C13H16.C3H8/c1-3-5-6-10-13-11-8-7-9-12(13)4-2;1-3-2/h4-11H,3H2,1-2H3;3H2,1-2H3/b6-5-,12-4-,13-10-;. The molecule has 0 radical (unpaired) electrons. The van der Waals surface area contributed by atoms with Gasteiger partial charge in [-0.15, -0.1) is 0 Å². The van der Waals surface area contributed by atoms with E-state index in [1.807, 2.05) is 0 Å². The molecule has 0 aliphatic heterocycles. The lowest BCUT2D eigenvalue weighted by Crippen LogP contribution is -2.22. The van der Waals surface area contributed by atoms with Crippen LogP contribution in [-0.2, 0) is 0 Å². The van der Waals surface area contributed by atoms with Gasteiger partial charge in [-0.3, -0.25) is 0 Å². The second-order valence-electron chi connectivity index (χ2n) is 3.63. The van der Waals surface area contributed by atoms with Gasteiger partial charge in [-0.25, -0.2) is 0 Å². The Balaban J connectivity index is 0.000000673. The van der Waals surface area contributed by atoms with Gasteiger partial charge in [0.25, 0.3) is 0 Å². The molecule has 0 aromatic heterocycles. The number of hydrogen-bond donors (Lipinski definition) is 0. The Morgan fingerprint density at radius 2 is 1.56 bits per heavy atom. The van der Waals surface area contributed by atoms with Gasteiger partial charge in [0.2, 0.25) is 0 Å². The molecule has 0 saturated carbocycles. The van der Waals surface area contributed by atoms with E-state index in [0.29, 0.717) is 0 Å². The molecule has 0 nitrogen and oxygen atoms in total. The summed E-state index contributed by atoms with van der Waals surface area (Å²) in [4.78, 5) is 0. The normalized spacial score (nSPS) is 12.8. The van der Waals surface area contributed by atoms with E-state index in [4.69, 9.17) is 0 Å². The van der Waals surface area contributed by atoms with Gasteiger partial charge in [0.15, 0.2) is 0 Å². The van der Waals surface area contributed by atoms with E-state index in [9.17, 15) is 0 Å². The van der Waals surface area contributed by atoms with Gasteiger partial charge < -0.3 is 0 Å². The Kier molecular flexibility index (Phi) is 9.39. The van der Waals surface area contributed by atoms with Crippen molar-refractivity contribution in [1.82, 2.24) is 0 Å². The average Bonchev–Trinajstić information content (AvgIpc) is 2.31. The summed E-state index contributed by atoms with van der Waals surface area (Å²) in [6.07, 6.45) is 10.9. The van der Waals surface area contributed by atoms with Crippen LogP contribution in [0.1, 0.15) is 40.5 Å². The third-order valence-corrected chi connectivity index (χ3v) is 1.95. The second kappa shape index (κ2) is 10.2. The van der Waals surface area contributed by atoms with Crippen LogP contribution in [0, 0.1) is 0 Å². The van der Waals surface area contributed by atoms with Crippen molar-refractivity contribution in [2.75, 3.05) is 0 Å². The number of benzene rings is 1. The van der Waals surface area contributed by atoms with Crippen LogP contribution in [0.2, 0.25) is 0 Å². The fourth-order valence-electron chi connectivity index (χ4n) is 1.23. The Morgan fingerprint density at radius 1 is 1.00 bits per heavy atom. The maximum atomic E-state index is 2.16. The maximum absolute atomic E-state index is 2.16. The Labute approximate surface area is 100 Å². The summed E-state index contributed by atoms with van der Waals surface area (Å²) in [6.45, 7) is 8.46. The highest BCUT2D eigenvalue weighted by molar-refractivity contribution is 5.39. The molecule has 0 heterocycles. The Bertz CT molecular complexity index is 396. The maximum Gasteiger partial charge on any atom is -0.0187 e. The lowest BCUT2D eigenvalue weighted by molar-refractivity contribution is 1.09. The summed E-state index contributed by atoms with van der Waals surface area (Å²) in [5, 5.41) is 2.58. The van der Waals surface area contributed by atoms with Crippen molar-refractivity contribution in [2.24, 2.45) is 0 Å². The lowest BCUT2D eigenvalue weighted by atomic mass is 10.2. The first-order valence-electron chi connectivity index (χ1n) is 6.18. The van der Waals surface area contributed by atoms with Crippen molar-refractivity contribution in [1.29, 1.82) is 0 Å². The van der Waals surface area contributed by atoms with E-state index >= 15 is 0 Å². The van der Waals surface area contributed by atoms with E-state index in [1.165, 1.54) is 16.9 Å². The van der Waals surface area contributed by atoms with Crippen LogP contribution in [0.15, 0.2) is 36.4 Å². The highest BCUT2D eigenvalue weighted by atomic mass is 13.8. The molecule has 0 N–H and O–H groups in total. The molecular formula is C16H24. The van der Waals surface area contributed by atoms with Crippen molar-refractivity contribution >= 4 is 12.2 Å². The molecule has 0 saturated heterocycles. The van der Waals surface area contributed by atoms with Gasteiger partial charge in [-0.2, -0.15) is 0 Å². The quantitative estimate of drug-likeness (QED) is 0.708. The van der Waals surface area contributed by atoms with Gasteiger partial charge in [0, 0.05) is 0 Å². The minimum Gasteiger partial charge on any atom is -0.0848 e. The van der Waals surface area contributed by atoms with Crippen molar-refractivity contribution in [3.8, 4) is 0 Å². The number of hydrogen-bond acceptors (Lipinski definition) is 0. The van der Waals surface area contributed by atoms with Gasteiger partial charge in [-0.05, 0) is 23.8 Å². The fourth-order valence-corrected chi connectivity index (χ4v) is 1.23. The Morgan fingerprint density at radius 3 is 2.06 bits per heavy atom. The molecule has 0 aliphatic carbocycles. The van der Waals surface area contributed by atoms with E-state index in [0.717, 1.165) is 6.42 Å². The molecule has 16 heavy (non-hydrogen) atoms. The van der Waals surface area contributed by atoms with Gasteiger partial charge >= 0.3 is 0 Å². The van der Waals surface area contributed by atoms with Crippen molar-refractivity contribution < 1.29 is 0 Å². The fraction of sp³-hybridized carbons (Fsp3) is 0.375. The van der Waals surface area contributed by atoms with Crippen LogP contribution in [0.25, 0.3) is 12.2 Å². The molecule has 0 unspecified atom stereocenters.